The third-order valence-corrected chi connectivity index (χ3v) is 4.33. The molecule has 0 atom stereocenters. The van der Waals surface area contributed by atoms with Crippen molar-refractivity contribution >= 4 is 23.3 Å². The van der Waals surface area contributed by atoms with Gasteiger partial charge in [0.15, 0.2) is 0 Å². The molecule has 0 saturated carbocycles. The zero-order valence-corrected chi connectivity index (χ0v) is 14.5. The summed E-state index contributed by atoms with van der Waals surface area (Å²) in [5.74, 6) is -0.223. The first-order valence-electron chi connectivity index (χ1n) is 7.31. The van der Waals surface area contributed by atoms with E-state index in [4.69, 9.17) is 0 Å². The number of hydrogen-bond donors (Lipinski definition) is 0. The lowest BCUT2D eigenvalue weighted by Gasteiger charge is -2.18. The Morgan fingerprint density at radius 3 is 2.75 bits per heavy atom. The number of nitrogens with zero attached hydrogens (tertiary/aromatic N) is 3. The smallest absolute Gasteiger partial charge is 0.330 e. The van der Waals surface area contributed by atoms with Crippen molar-refractivity contribution in [2.45, 2.75) is 6.54 Å². The van der Waals surface area contributed by atoms with Crippen LogP contribution in [-0.4, -0.2) is 26.5 Å². The molecule has 0 bridgehead atoms. The van der Waals surface area contributed by atoms with Crippen molar-refractivity contribution in [2.75, 3.05) is 6.54 Å². The van der Waals surface area contributed by atoms with Gasteiger partial charge in [0.1, 0.15) is 0 Å². The van der Waals surface area contributed by atoms with Crippen LogP contribution in [0.3, 0.4) is 0 Å². The third kappa shape index (κ3) is 3.99. The molecule has 0 unspecified atom stereocenters. The molecular weight excluding hydrogens is 326 g/mol. The zero-order valence-electron chi connectivity index (χ0n) is 13.6. The summed E-state index contributed by atoms with van der Waals surface area (Å²) in [7, 11) is 2.96. The molecule has 0 aliphatic carbocycles. The van der Waals surface area contributed by atoms with Gasteiger partial charge >= 0.3 is 5.69 Å². The van der Waals surface area contributed by atoms with Crippen LogP contribution in [0, 0.1) is 0 Å². The molecule has 0 aliphatic rings. The number of amides is 1. The van der Waals surface area contributed by atoms with E-state index in [1.807, 2.05) is 17.5 Å². The van der Waals surface area contributed by atoms with E-state index in [1.165, 1.54) is 30.0 Å². The maximum absolute atomic E-state index is 12.4. The van der Waals surface area contributed by atoms with Crippen LogP contribution < -0.4 is 11.2 Å². The van der Waals surface area contributed by atoms with Gasteiger partial charge in [-0.25, -0.2) is 4.79 Å². The summed E-state index contributed by atoms with van der Waals surface area (Å²) in [6.45, 7) is 4.56. The van der Waals surface area contributed by atoms with Crippen molar-refractivity contribution in [3.8, 4) is 0 Å². The van der Waals surface area contributed by atoms with Gasteiger partial charge in [0, 0.05) is 37.8 Å². The maximum Gasteiger partial charge on any atom is 0.330 e. The minimum absolute atomic E-state index is 0.223. The number of thiophene rings is 1. The summed E-state index contributed by atoms with van der Waals surface area (Å²) in [6.07, 6.45) is 5.86. The van der Waals surface area contributed by atoms with Gasteiger partial charge in [-0.2, -0.15) is 0 Å². The van der Waals surface area contributed by atoms with Crippen LogP contribution in [0.2, 0.25) is 0 Å². The predicted molar refractivity (Wildman–Crippen MR) is 95.9 cm³/mol. The maximum atomic E-state index is 12.4. The van der Waals surface area contributed by atoms with E-state index in [0.29, 0.717) is 13.1 Å². The molecule has 0 fully saturated rings. The average Bonchev–Trinajstić information content (AvgIpc) is 3.07. The topological polar surface area (TPSA) is 64.3 Å². The lowest BCUT2D eigenvalue weighted by Crippen LogP contribution is -2.37. The molecule has 0 aromatic carbocycles. The van der Waals surface area contributed by atoms with Crippen molar-refractivity contribution in [1.82, 2.24) is 14.0 Å². The van der Waals surface area contributed by atoms with Crippen molar-refractivity contribution < 1.29 is 4.79 Å². The van der Waals surface area contributed by atoms with Gasteiger partial charge in [-0.1, -0.05) is 12.1 Å². The van der Waals surface area contributed by atoms with E-state index in [-0.39, 0.29) is 11.5 Å². The van der Waals surface area contributed by atoms with E-state index < -0.39 is 11.2 Å². The standard InChI is InChI=1S/C17H19N3O3S/c1-4-9-20(12-14-6-5-10-24-14)15(21)8-7-13-11-18(2)17(23)19(3)16(13)22/h4-8,10-11H,1,9,12H2,2-3H3/b8-7+. The monoisotopic (exact) mass is 345 g/mol. The Morgan fingerprint density at radius 1 is 1.38 bits per heavy atom. The molecule has 24 heavy (non-hydrogen) atoms. The third-order valence-electron chi connectivity index (χ3n) is 3.47. The second-order valence-corrected chi connectivity index (χ2v) is 6.29. The summed E-state index contributed by atoms with van der Waals surface area (Å²) in [5, 5.41) is 1.95. The van der Waals surface area contributed by atoms with Crippen molar-refractivity contribution in [3.05, 3.63) is 73.7 Å². The molecule has 0 spiro atoms. The van der Waals surface area contributed by atoms with Crippen molar-refractivity contribution in [1.29, 1.82) is 0 Å². The first-order chi connectivity index (χ1) is 11.4. The molecule has 2 aromatic rings. The molecule has 6 nitrogen and oxygen atoms in total. The Balaban J connectivity index is 2.23. The SMILES string of the molecule is C=CCN(Cc1cccs1)C(=O)/C=C/c1cn(C)c(=O)n(C)c1=O. The summed E-state index contributed by atoms with van der Waals surface area (Å²) in [4.78, 5) is 38.8. The Labute approximate surface area is 143 Å². The lowest BCUT2D eigenvalue weighted by molar-refractivity contribution is -0.126. The fourth-order valence-electron chi connectivity index (χ4n) is 2.20. The number of aromatic nitrogens is 2. The molecule has 126 valence electrons. The molecule has 0 N–H and O–H groups in total. The van der Waals surface area contributed by atoms with E-state index in [2.05, 4.69) is 6.58 Å². The van der Waals surface area contributed by atoms with E-state index in [9.17, 15) is 14.4 Å². The van der Waals surface area contributed by atoms with Crippen LogP contribution in [-0.2, 0) is 25.4 Å². The van der Waals surface area contributed by atoms with Gasteiger partial charge in [0.25, 0.3) is 5.56 Å². The Bertz CT molecular complexity index is 875. The predicted octanol–water partition coefficient (Wildman–Crippen LogP) is 1.37. The first-order valence-corrected chi connectivity index (χ1v) is 8.19. The molecule has 0 saturated heterocycles. The fourth-order valence-corrected chi connectivity index (χ4v) is 2.92. The molecule has 1 amide bonds. The lowest BCUT2D eigenvalue weighted by atomic mass is 10.2. The van der Waals surface area contributed by atoms with Crippen LogP contribution in [0.25, 0.3) is 6.08 Å². The normalized spacial score (nSPS) is 10.9. The van der Waals surface area contributed by atoms with Crippen LogP contribution >= 0.6 is 11.3 Å². The molecule has 7 heteroatoms. The number of hydrogen-bond acceptors (Lipinski definition) is 4. The Hall–Kier alpha value is -2.67. The second kappa shape index (κ2) is 7.74. The highest BCUT2D eigenvalue weighted by Crippen LogP contribution is 2.12. The highest BCUT2D eigenvalue weighted by molar-refractivity contribution is 7.09. The quantitative estimate of drug-likeness (QED) is 0.587. The van der Waals surface area contributed by atoms with Gasteiger partial charge in [-0.3, -0.25) is 14.2 Å². The van der Waals surface area contributed by atoms with Crippen LogP contribution in [0.4, 0.5) is 0 Å². The number of carbonyl (C=O) groups is 1. The molecular formula is C17H19N3O3S. The van der Waals surface area contributed by atoms with E-state index >= 15 is 0 Å². The highest BCUT2D eigenvalue weighted by Gasteiger charge is 2.11. The molecule has 2 aromatic heterocycles. The molecule has 2 rings (SSSR count). The largest absolute Gasteiger partial charge is 0.330 e. The molecule has 0 aliphatic heterocycles. The van der Waals surface area contributed by atoms with Crippen LogP contribution in [0.1, 0.15) is 10.4 Å². The van der Waals surface area contributed by atoms with Gasteiger partial charge < -0.3 is 9.47 Å². The molecule has 2 heterocycles. The number of carbonyl (C=O) groups excluding carboxylic acids is 1. The van der Waals surface area contributed by atoms with Gasteiger partial charge in [-0.05, 0) is 17.5 Å². The zero-order chi connectivity index (χ0) is 17.7. The average molecular weight is 345 g/mol. The fraction of sp³-hybridized carbons (Fsp3) is 0.235. The number of aryl methyl sites for hydroxylation is 1. The van der Waals surface area contributed by atoms with Crippen molar-refractivity contribution in [3.63, 3.8) is 0 Å². The van der Waals surface area contributed by atoms with Gasteiger partial charge in [-0.15, -0.1) is 17.9 Å². The van der Waals surface area contributed by atoms with Crippen molar-refractivity contribution in [2.24, 2.45) is 14.1 Å². The Morgan fingerprint density at radius 2 is 2.12 bits per heavy atom. The summed E-state index contributed by atoms with van der Waals surface area (Å²) in [6, 6.07) is 3.89. The van der Waals surface area contributed by atoms with E-state index in [0.717, 1.165) is 9.44 Å². The minimum atomic E-state index is -0.435. The highest BCUT2D eigenvalue weighted by atomic mass is 32.1. The van der Waals surface area contributed by atoms with E-state index in [1.54, 1.807) is 29.4 Å². The Kier molecular flexibility index (Phi) is 5.70. The summed E-state index contributed by atoms with van der Waals surface area (Å²) in [5.41, 5.74) is -0.562. The second-order valence-electron chi connectivity index (χ2n) is 5.26. The van der Waals surface area contributed by atoms with Crippen LogP contribution in [0.5, 0.6) is 0 Å². The first kappa shape index (κ1) is 17.7. The minimum Gasteiger partial charge on any atom is -0.330 e. The summed E-state index contributed by atoms with van der Waals surface area (Å²) >= 11 is 1.57. The summed E-state index contributed by atoms with van der Waals surface area (Å²) < 4.78 is 2.32. The number of rotatable bonds is 6. The van der Waals surface area contributed by atoms with Gasteiger partial charge in [0.05, 0.1) is 12.1 Å². The molecule has 0 radical (unpaired) electrons. The van der Waals surface area contributed by atoms with Crippen LogP contribution in [0.15, 0.2) is 52.0 Å². The van der Waals surface area contributed by atoms with Gasteiger partial charge in [0.2, 0.25) is 5.91 Å².